The topological polar surface area (TPSA) is 37.3 Å². The minimum absolute atomic E-state index is 0.232. The lowest BCUT2D eigenvalue weighted by Gasteiger charge is -1.85. The van der Waals surface area contributed by atoms with Crippen molar-refractivity contribution in [2.45, 2.75) is 0 Å². The maximum Gasteiger partial charge on any atom is 0.235 e. The summed E-state index contributed by atoms with van der Waals surface area (Å²) in [7, 11) is 0. The molecule has 0 aliphatic heterocycles. The molecule has 0 fully saturated rings. The second kappa shape index (κ2) is 3.77. The molecule has 0 amide bonds. The predicted octanol–water partition coefficient (Wildman–Crippen LogP) is 2.93. The van der Waals surface area contributed by atoms with Gasteiger partial charge in [-0.05, 0) is 44.0 Å². The minimum atomic E-state index is -0.492. The van der Waals surface area contributed by atoms with E-state index in [0.717, 1.165) is 0 Å². The van der Waals surface area contributed by atoms with Gasteiger partial charge < -0.3 is 5.11 Å². The average Bonchev–Trinajstić information content (AvgIpc) is 2.05. The lowest BCUT2D eigenvalue weighted by molar-refractivity contribution is 0.467. The molecule has 0 heterocycles. The lowest BCUT2D eigenvalue weighted by Crippen LogP contribution is -1.96. The van der Waals surface area contributed by atoms with Crippen molar-refractivity contribution in [3.63, 3.8) is 0 Å². The molecular weight excluding hydrogens is 311 g/mol. The summed E-state index contributed by atoms with van der Waals surface area (Å²) in [5, 5.41) is 9.59. The van der Waals surface area contributed by atoms with Gasteiger partial charge in [0.05, 0.1) is 8.95 Å². The number of aromatic hydroxyl groups is 1. The molecule has 0 aliphatic carbocycles. The van der Waals surface area contributed by atoms with Gasteiger partial charge in [-0.25, -0.2) is 0 Å². The van der Waals surface area contributed by atoms with Crippen molar-refractivity contribution < 1.29 is 5.11 Å². The highest BCUT2D eigenvalue weighted by Gasteiger charge is 2.05. The van der Waals surface area contributed by atoms with Crippen LogP contribution >= 0.6 is 43.5 Å². The molecule has 64 valence electrons. The van der Waals surface area contributed by atoms with Crippen molar-refractivity contribution in [3.05, 3.63) is 36.3 Å². The third-order valence-corrected chi connectivity index (χ3v) is 2.60. The van der Waals surface area contributed by atoms with Gasteiger partial charge in [0.1, 0.15) is 0 Å². The molecule has 0 aromatic heterocycles. The zero-order chi connectivity index (χ0) is 9.30. The molecule has 1 aromatic rings. The van der Waals surface area contributed by atoms with Crippen LogP contribution < -0.4 is 5.43 Å². The molecule has 1 aromatic carbocycles. The Labute approximate surface area is 90.4 Å². The van der Waals surface area contributed by atoms with Crippen molar-refractivity contribution in [2.24, 2.45) is 0 Å². The molecular formula is C7H3Br2ClO2. The molecule has 0 unspecified atom stereocenters. The zero-order valence-corrected chi connectivity index (χ0v) is 9.57. The molecule has 2 nitrogen and oxygen atoms in total. The van der Waals surface area contributed by atoms with E-state index in [1.165, 1.54) is 12.1 Å². The summed E-state index contributed by atoms with van der Waals surface area (Å²) in [6.07, 6.45) is 0. The molecule has 1 rings (SSSR count). The molecule has 0 bridgehead atoms. The molecule has 0 saturated heterocycles. The van der Waals surface area contributed by atoms with Crippen LogP contribution in [0, 0.1) is 0 Å². The molecule has 0 spiro atoms. The minimum Gasteiger partial charge on any atom is -0.503 e. The normalized spacial score (nSPS) is 9.92. The largest absolute Gasteiger partial charge is 0.503 e. The van der Waals surface area contributed by atoms with Gasteiger partial charge in [0.2, 0.25) is 5.43 Å². The van der Waals surface area contributed by atoms with Gasteiger partial charge >= 0.3 is 0 Å². The summed E-state index contributed by atoms with van der Waals surface area (Å²) in [6.45, 7) is 0. The van der Waals surface area contributed by atoms with E-state index in [-0.39, 0.29) is 14.7 Å². The molecule has 0 saturated carbocycles. The third-order valence-electron chi connectivity index (χ3n) is 1.19. The standard InChI is InChI=1S/C7H3Br2ClO2/c8-4-1-3(10)2-5(9)7(12)6(4)11/h1-2H,(H,11,12). The smallest absolute Gasteiger partial charge is 0.235 e. The summed E-state index contributed by atoms with van der Waals surface area (Å²) in [5.41, 5.74) is -0.492. The highest BCUT2D eigenvalue weighted by atomic mass is 79.9. The second-order valence-corrected chi connectivity index (χ2v) is 4.19. The predicted molar refractivity (Wildman–Crippen MR) is 54.8 cm³/mol. The number of halogens is 3. The van der Waals surface area contributed by atoms with E-state index < -0.39 is 5.43 Å². The Balaban J connectivity index is 3.69. The maximum absolute atomic E-state index is 11.2. The first-order valence-corrected chi connectivity index (χ1v) is 4.86. The van der Waals surface area contributed by atoms with Crippen molar-refractivity contribution in [1.29, 1.82) is 0 Å². The summed E-state index contributed by atoms with van der Waals surface area (Å²) in [4.78, 5) is 11.2. The molecule has 0 radical (unpaired) electrons. The fourth-order valence-electron chi connectivity index (χ4n) is 0.639. The average molecular weight is 314 g/mol. The van der Waals surface area contributed by atoms with E-state index in [2.05, 4.69) is 31.9 Å². The van der Waals surface area contributed by atoms with Gasteiger partial charge in [0.15, 0.2) is 5.75 Å². The molecule has 0 aliphatic rings. The third kappa shape index (κ3) is 2.00. The van der Waals surface area contributed by atoms with Gasteiger partial charge in [0, 0.05) is 5.02 Å². The van der Waals surface area contributed by atoms with E-state index >= 15 is 0 Å². The van der Waals surface area contributed by atoms with E-state index in [1.54, 1.807) is 0 Å². The van der Waals surface area contributed by atoms with E-state index in [4.69, 9.17) is 11.6 Å². The fourth-order valence-corrected chi connectivity index (χ4v) is 1.98. The quantitative estimate of drug-likeness (QED) is 0.799. The summed E-state index contributed by atoms with van der Waals surface area (Å²) < 4.78 is 0.513. The number of hydrogen-bond acceptors (Lipinski definition) is 2. The Morgan fingerprint density at radius 1 is 1.25 bits per heavy atom. The number of hydrogen-bond donors (Lipinski definition) is 1. The molecule has 12 heavy (non-hydrogen) atoms. The fraction of sp³-hybridized carbons (Fsp3) is 0. The Morgan fingerprint density at radius 3 is 2.33 bits per heavy atom. The van der Waals surface area contributed by atoms with Crippen molar-refractivity contribution in [3.8, 4) is 5.75 Å². The van der Waals surface area contributed by atoms with Crippen LogP contribution in [0.2, 0.25) is 5.02 Å². The first-order valence-electron chi connectivity index (χ1n) is 2.90. The highest BCUT2D eigenvalue weighted by molar-refractivity contribution is 9.11. The van der Waals surface area contributed by atoms with Crippen LogP contribution in [0.1, 0.15) is 0 Å². The van der Waals surface area contributed by atoms with Crippen LogP contribution in [-0.4, -0.2) is 5.11 Å². The molecule has 5 heteroatoms. The van der Waals surface area contributed by atoms with Crippen LogP contribution in [0.25, 0.3) is 0 Å². The van der Waals surface area contributed by atoms with Gasteiger partial charge in [-0.1, -0.05) is 11.6 Å². The maximum atomic E-state index is 11.2. The first-order chi connectivity index (χ1) is 5.52. The van der Waals surface area contributed by atoms with Crippen LogP contribution in [-0.2, 0) is 0 Å². The van der Waals surface area contributed by atoms with E-state index in [0.29, 0.717) is 5.02 Å². The van der Waals surface area contributed by atoms with Crippen molar-refractivity contribution >= 4 is 43.5 Å². The Bertz CT molecular complexity index is 379. The van der Waals surface area contributed by atoms with Gasteiger partial charge in [0.25, 0.3) is 0 Å². The summed E-state index contributed by atoms with van der Waals surface area (Å²) in [6, 6.07) is 2.87. The van der Waals surface area contributed by atoms with E-state index in [1.807, 2.05) is 0 Å². The summed E-state index contributed by atoms with van der Waals surface area (Å²) in [5.74, 6) is -0.353. The van der Waals surface area contributed by atoms with Gasteiger partial charge in [-0.2, -0.15) is 0 Å². The summed E-state index contributed by atoms with van der Waals surface area (Å²) >= 11 is 11.7. The zero-order valence-electron chi connectivity index (χ0n) is 5.64. The second-order valence-electron chi connectivity index (χ2n) is 2.05. The first kappa shape index (κ1) is 10.0. The Hall–Kier alpha value is -0.0600. The number of rotatable bonds is 0. The van der Waals surface area contributed by atoms with Crippen LogP contribution in [0.3, 0.4) is 0 Å². The van der Waals surface area contributed by atoms with Gasteiger partial charge in [-0.15, -0.1) is 0 Å². The SMILES string of the molecule is O=c1c(Br)cc(Cl)cc(Br)c1O. The van der Waals surface area contributed by atoms with Gasteiger partial charge in [-0.3, -0.25) is 4.79 Å². The van der Waals surface area contributed by atoms with Crippen LogP contribution in [0.4, 0.5) is 0 Å². The van der Waals surface area contributed by atoms with Crippen molar-refractivity contribution in [1.82, 2.24) is 0 Å². The molecule has 0 atom stereocenters. The Morgan fingerprint density at radius 2 is 1.75 bits per heavy atom. The molecule has 1 N–H and O–H groups in total. The van der Waals surface area contributed by atoms with Crippen LogP contribution in [0.15, 0.2) is 25.9 Å². The lowest BCUT2D eigenvalue weighted by atomic mass is 10.5. The van der Waals surface area contributed by atoms with E-state index in [9.17, 15) is 9.90 Å². The van der Waals surface area contributed by atoms with Crippen LogP contribution in [0.5, 0.6) is 5.75 Å². The Kier molecular flexibility index (Phi) is 3.15. The highest BCUT2D eigenvalue weighted by Crippen LogP contribution is 2.24. The van der Waals surface area contributed by atoms with Crippen molar-refractivity contribution in [2.75, 3.05) is 0 Å². The monoisotopic (exact) mass is 312 g/mol.